The van der Waals surface area contributed by atoms with Gasteiger partial charge in [0.05, 0.1) is 29.8 Å². The molecule has 0 saturated carbocycles. The summed E-state index contributed by atoms with van der Waals surface area (Å²) >= 11 is 0. The van der Waals surface area contributed by atoms with E-state index in [1.165, 1.54) is 5.56 Å². The number of fused-ring (bicyclic) bond motifs is 3. The van der Waals surface area contributed by atoms with Gasteiger partial charge in [0, 0.05) is 49.2 Å². The zero-order chi connectivity index (χ0) is 27.1. The van der Waals surface area contributed by atoms with Crippen molar-refractivity contribution < 1.29 is 9.26 Å². The Morgan fingerprint density at radius 3 is 2.51 bits per heavy atom. The van der Waals surface area contributed by atoms with Crippen molar-refractivity contribution >= 4 is 27.8 Å². The highest BCUT2D eigenvalue weighted by Gasteiger charge is 2.24. The largest absolute Gasteiger partial charge is 0.496 e. The average molecular weight is 526 g/mol. The van der Waals surface area contributed by atoms with Crippen LogP contribution in [-0.4, -0.2) is 76.8 Å². The van der Waals surface area contributed by atoms with Crippen LogP contribution in [-0.2, 0) is 0 Å². The maximum atomic E-state index is 5.87. The number of rotatable bonds is 7. The van der Waals surface area contributed by atoms with Crippen molar-refractivity contribution in [3.05, 3.63) is 65.3 Å². The molecule has 9 nitrogen and oxygen atoms in total. The van der Waals surface area contributed by atoms with E-state index in [0.717, 1.165) is 88.8 Å². The molecule has 39 heavy (non-hydrogen) atoms. The third-order valence-corrected chi connectivity index (χ3v) is 7.74. The third kappa shape index (κ3) is 4.84. The predicted molar refractivity (Wildman–Crippen MR) is 154 cm³/mol. The first-order chi connectivity index (χ1) is 18.9. The Morgan fingerprint density at radius 2 is 1.82 bits per heavy atom. The van der Waals surface area contributed by atoms with Gasteiger partial charge in [-0.2, -0.15) is 0 Å². The maximum absolute atomic E-state index is 5.87. The molecule has 1 atom stereocenters. The van der Waals surface area contributed by atoms with Crippen molar-refractivity contribution in [3.63, 3.8) is 0 Å². The van der Waals surface area contributed by atoms with E-state index in [1.54, 1.807) is 7.11 Å². The second-order valence-corrected chi connectivity index (χ2v) is 10.5. The summed E-state index contributed by atoms with van der Waals surface area (Å²) in [7, 11) is 3.88. The van der Waals surface area contributed by atoms with Gasteiger partial charge >= 0.3 is 0 Å². The van der Waals surface area contributed by atoms with Crippen molar-refractivity contribution in [1.82, 2.24) is 29.9 Å². The van der Waals surface area contributed by atoms with E-state index in [2.05, 4.69) is 74.8 Å². The number of benzene rings is 2. The molecular weight excluding hydrogens is 490 g/mol. The van der Waals surface area contributed by atoms with Crippen molar-refractivity contribution in [2.75, 3.05) is 52.2 Å². The molecule has 9 heteroatoms. The summed E-state index contributed by atoms with van der Waals surface area (Å²) in [6.45, 7) is 11.0. The number of aromatic amines is 1. The lowest BCUT2D eigenvalue weighted by Gasteiger charge is -2.35. The minimum absolute atomic E-state index is 0.0699. The molecule has 1 aliphatic rings. The van der Waals surface area contributed by atoms with Gasteiger partial charge in [0.2, 0.25) is 0 Å². The predicted octanol–water partition coefficient (Wildman–Crippen LogP) is 5.10. The number of ether oxygens (including phenoxy) is 1. The van der Waals surface area contributed by atoms with E-state index in [4.69, 9.17) is 19.2 Å². The lowest BCUT2D eigenvalue weighted by molar-refractivity contribution is 0.149. The van der Waals surface area contributed by atoms with Crippen LogP contribution >= 0.6 is 0 Å². The topological polar surface area (TPSA) is 95.3 Å². The Labute approximate surface area is 228 Å². The monoisotopic (exact) mass is 525 g/mol. The van der Waals surface area contributed by atoms with Crippen LogP contribution in [0.1, 0.15) is 28.9 Å². The number of anilines is 1. The van der Waals surface area contributed by atoms with E-state index in [0.29, 0.717) is 5.82 Å². The number of likely N-dealkylation sites (N-methyl/N-ethyl adjacent to an activating group) is 1. The van der Waals surface area contributed by atoms with Crippen LogP contribution in [0.25, 0.3) is 33.1 Å². The van der Waals surface area contributed by atoms with Gasteiger partial charge in [-0.3, -0.25) is 4.90 Å². The second kappa shape index (κ2) is 10.3. The van der Waals surface area contributed by atoms with Crippen LogP contribution in [0.15, 0.2) is 47.0 Å². The lowest BCUT2D eigenvalue weighted by Crippen LogP contribution is -2.46. The first kappa shape index (κ1) is 25.3. The number of nitrogens with one attached hydrogen (secondary N) is 2. The first-order valence-electron chi connectivity index (χ1n) is 13.4. The molecule has 0 unspecified atom stereocenters. The summed E-state index contributed by atoms with van der Waals surface area (Å²) in [6.07, 6.45) is 0. The van der Waals surface area contributed by atoms with Crippen LogP contribution in [0, 0.1) is 20.8 Å². The van der Waals surface area contributed by atoms with Crippen LogP contribution in [0.3, 0.4) is 0 Å². The Hall–Kier alpha value is -3.95. The van der Waals surface area contributed by atoms with Gasteiger partial charge in [-0.1, -0.05) is 35.5 Å². The number of aromatic nitrogens is 4. The standard InChI is InChI=1S/C30H35N7O2/c1-18-27(19(2)39-35-18)23-15-24-22(16-26(23)38-5)28-29(33-24)31-20(3)32-30(28)34-25(21-9-7-6-8-10-21)17-37-13-11-36(4)12-14-37/h6-10,15-16,25H,11-14,17H2,1-5H3,(H2,31,32,33,34)/t25-/m1/s1. The quantitative estimate of drug-likeness (QED) is 0.303. The number of aryl methyl sites for hydroxylation is 3. The molecule has 202 valence electrons. The third-order valence-electron chi connectivity index (χ3n) is 7.74. The molecule has 4 heterocycles. The van der Waals surface area contributed by atoms with Crippen LogP contribution in [0.4, 0.5) is 5.82 Å². The fraction of sp³-hybridized carbons (Fsp3) is 0.367. The highest BCUT2D eigenvalue weighted by molar-refractivity contribution is 6.12. The molecule has 0 amide bonds. The molecule has 3 aromatic heterocycles. The van der Waals surface area contributed by atoms with E-state index in [1.807, 2.05) is 20.8 Å². The molecule has 0 radical (unpaired) electrons. The van der Waals surface area contributed by atoms with E-state index < -0.39 is 0 Å². The molecule has 6 rings (SSSR count). The Balaban J connectivity index is 1.45. The fourth-order valence-corrected chi connectivity index (χ4v) is 5.65. The number of methoxy groups -OCH3 is 1. The van der Waals surface area contributed by atoms with Crippen molar-refractivity contribution in [2.24, 2.45) is 0 Å². The molecule has 1 saturated heterocycles. The number of piperazine rings is 1. The Bertz CT molecular complexity index is 1600. The van der Waals surface area contributed by atoms with Crippen LogP contribution in [0.2, 0.25) is 0 Å². The van der Waals surface area contributed by atoms with Crippen molar-refractivity contribution in [2.45, 2.75) is 26.8 Å². The van der Waals surface area contributed by atoms with E-state index >= 15 is 0 Å². The molecular formula is C30H35N7O2. The van der Waals surface area contributed by atoms with Gasteiger partial charge in [-0.25, -0.2) is 9.97 Å². The van der Waals surface area contributed by atoms with Gasteiger partial charge in [-0.05, 0) is 45.5 Å². The summed E-state index contributed by atoms with van der Waals surface area (Å²) in [6, 6.07) is 14.9. The molecule has 0 bridgehead atoms. The van der Waals surface area contributed by atoms with Crippen molar-refractivity contribution in [3.8, 4) is 16.9 Å². The van der Waals surface area contributed by atoms with Gasteiger partial charge in [0.1, 0.15) is 28.8 Å². The summed E-state index contributed by atoms with van der Waals surface area (Å²) in [4.78, 5) is 18.1. The number of H-pyrrole nitrogens is 1. The first-order valence-corrected chi connectivity index (χ1v) is 13.4. The SMILES string of the molecule is COc1cc2c(cc1-c1c(C)noc1C)[nH]c1nc(C)nc(N[C@H](CN3CCN(C)CC3)c3ccccc3)c12. The van der Waals surface area contributed by atoms with Crippen LogP contribution in [0.5, 0.6) is 5.75 Å². The summed E-state index contributed by atoms with van der Waals surface area (Å²) in [5.74, 6) is 3.04. The molecule has 2 N–H and O–H groups in total. The van der Waals surface area contributed by atoms with Gasteiger partial charge in [-0.15, -0.1) is 0 Å². The van der Waals surface area contributed by atoms with Gasteiger partial charge < -0.3 is 24.5 Å². The average Bonchev–Trinajstić information content (AvgIpc) is 3.46. The highest BCUT2D eigenvalue weighted by Crippen LogP contribution is 2.41. The maximum Gasteiger partial charge on any atom is 0.144 e. The molecule has 1 fully saturated rings. The van der Waals surface area contributed by atoms with Gasteiger partial charge in [0.15, 0.2) is 0 Å². The Morgan fingerprint density at radius 1 is 1.05 bits per heavy atom. The molecule has 2 aromatic carbocycles. The highest BCUT2D eigenvalue weighted by atomic mass is 16.5. The second-order valence-electron chi connectivity index (χ2n) is 10.5. The van der Waals surface area contributed by atoms with Crippen LogP contribution < -0.4 is 10.1 Å². The lowest BCUT2D eigenvalue weighted by atomic mass is 10.0. The van der Waals surface area contributed by atoms with Gasteiger partial charge in [0.25, 0.3) is 0 Å². The van der Waals surface area contributed by atoms with E-state index in [9.17, 15) is 0 Å². The minimum atomic E-state index is 0.0699. The van der Waals surface area contributed by atoms with E-state index in [-0.39, 0.29) is 6.04 Å². The summed E-state index contributed by atoms with van der Waals surface area (Å²) in [5.41, 5.74) is 5.70. The molecule has 1 aliphatic heterocycles. The number of hydrogen-bond donors (Lipinski definition) is 2. The zero-order valence-electron chi connectivity index (χ0n) is 23.2. The molecule has 0 spiro atoms. The fourth-order valence-electron chi connectivity index (χ4n) is 5.65. The summed E-state index contributed by atoms with van der Waals surface area (Å²) in [5, 5.41) is 9.93. The normalized spacial score (nSPS) is 15.7. The molecule has 0 aliphatic carbocycles. The zero-order valence-corrected chi connectivity index (χ0v) is 23.2. The summed E-state index contributed by atoms with van der Waals surface area (Å²) < 4.78 is 11.3. The number of hydrogen-bond acceptors (Lipinski definition) is 8. The Kier molecular flexibility index (Phi) is 6.70. The number of nitrogens with zero attached hydrogens (tertiary/aromatic N) is 5. The van der Waals surface area contributed by atoms with Crippen molar-refractivity contribution in [1.29, 1.82) is 0 Å². The molecule has 5 aromatic rings. The minimum Gasteiger partial charge on any atom is -0.496 e. The smallest absolute Gasteiger partial charge is 0.144 e.